The second kappa shape index (κ2) is 8.32. The summed E-state index contributed by atoms with van der Waals surface area (Å²) in [7, 11) is 1.61. The first-order chi connectivity index (χ1) is 14.2. The molecule has 146 valence electrons. The molecule has 0 radical (unpaired) electrons. The number of thiophene rings is 1. The molecular weight excluding hydrogens is 384 g/mol. The average Bonchev–Trinajstić information content (AvgIpc) is 3.37. The molecule has 29 heavy (non-hydrogen) atoms. The van der Waals surface area contributed by atoms with Crippen LogP contribution < -0.4 is 14.4 Å². The second-order valence-corrected chi connectivity index (χ2v) is 7.23. The number of para-hydroxylation sites is 1. The molecule has 0 atom stereocenters. The number of carbonyl (C=O) groups is 1. The molecule has 0 unspecified atom stereocenters. The quantitative estimate of drug-likeness (QED) is 0.544. The lowest BCUT2D eigenvalue weighted by Crippen LogP contribution is -2.32. The van der Waals surface area contributed by atoms with Gasteiger partial charge in [0, 0.05) is 4.88 Å². The van der Waals surface area contributed by atoms with Crippen molar-refractivity contribution in [2.75, 3.05) is 18.6 Å². The second-order valence-electron chi connectivity index (χ2n) is 6.25. The van der Waals surface area contributed by atoms with Crippen molar-refractivity contribution in [3.05, 3.63) is 82.2 Å². The van der Waals surface area contributed by atoms with Crippen molar-refractivity contribution in [3.8, 4) is 11.5 Å². The molecule has 3 aromatic rings. The molecule has 5 nitrogen and oxygen atoms in total. The molecule has 2 aromatic carbocycles. The van der Waals surface area contributed by atoms with Gasteiger partial charge in [0.05, 0.1) is 25.0 Å². The number of methoxy groups -OCH3 is 1. The minimum Gasteiger partial charge on any atom is -0.496 e. The molecule has 0 saturated heterocycles. The number of ether oxygens (including phenoxy) is 2. The van der Waals surface area contributed by atoms with Crippen LogP contribution in [0.5, 0.6) is 11.5 Å². The highest BCUT2D eigenvalue weighted by atomic mass is 32.1. The molecular formula is C23H20N2O3S. The van der Waals surface area contributed by atoms with Crippen LogP contribution in [0.1, 0.15) is 17.4 Å². The van der Waals surface area contributed by atoms with E-state index in [0.29, 0.717) is 23.9 Å². The number of nitrogens with zero attached hydrogens (tertiary/aromatic N) is 2. The third-order valence-electron chi connectivity index (χ3n) is 4.44. The zero-order valence-electron chi connectivity index (χ0n) is 16.2. The Balaban J connectivity index is 1.81. The van der Waals surface area contributed by atoms with Crippen LogP contribution >= 0.6 is 11.3 Å². The number of benzene rings is 2. The van der Waals surface area contributed by atoms with E-state index in [1.54, 1.807) is 23.3 Å². The Morgan fingerprint density at radius 3 is 2.55 bits per heavy atom. The first-order valence-electron chi connectivity index (χ1n) is 9.26. The van der Waals surface area contributed by atoms with E-state index < -0.39 is 0 Å². The maximum absolute atomic E-state index is 13.3. The van der Waals surface area contributed by atoms with E-state index in [9.17, 15) is 4.79 Å². The Hall–Kier alpha value is -3.38. The van der Waals surface area contributed by atoms with E-state index in [-0.39, 0.29) is 5.91 Å². The summed E-state index contributed by atoms with van der Waals surface area (Å²) in [4.78, 5) is 20.6. The number of aliphatic imine (C=N–C) groups is 1. The Labute approximate surface area is 173 Å². The molecule has 0 fully saturated rings. The first-order valence-corrected chi connectivity index (χ1v) is 10.1. The lowest BCUT2D eigenvalue weighted by atomic mass is 10.1. The van der Waals surface area contributed by atoms with Gasteiger partial charge in [0.25, 0.3) is 5.91 Å². The molecule has 1 aliphatic rings. The van der Waals surface area contributed by atoms with Gasteiger partial charge in [-0.1, -0.05) is 18.2 Å². The maximum atomic E-state index is 13.3. The van der Waals surface area contributed by atoms with Gasteiger partial charge in [-0.05, 0) is 60.8 Å². The van der Waals surface area contributed by atoms with Gasteiger partial charge in [-0.25, -0.2) is 4.99 Å². The van der Waals surface area contributed by atoms with Crippen LogP contribution in [-0.2, 0) is 4.79 Å². The van der Waals surface area contributed by atoms with E-state index in [0.717, 1.165) is 21.9 Å². The standard InChI is InChI=1S/C23H20N2O3S/c1-3-28-17-12-10-16(11-13-17)25-22(19-8-4-5-9-21(19)27-2)24-20(23(25)26)15-18-7-6-14-29-18/h4-15H,3H2,1-2H3/b20-15+. The van der Waals surface area contributed by atoms with Crippen molar-refractivity contribution < 1.29 is 14.3 Å². The Morgan fingerprint density at radius 2 is 1.86 bits per heavy atom. The summed E-state index contributed by atoms with van der Waals surface area (Å²) in [5, 5.41) is 1.97. The molecule has 0 bridgehead atoms. The SMILES string of the molecule is CCOc1ccc(N2C(=O)/C(=C\c3cccs3)N=C2c2ccccc2OC)cc1. The summed E-state index contributed by atoms with van der Waals surface area (Å²) in [6, 6.07) is 18.9. The molecule has 2 heterocycles. The van der Waals surface area contributed by atoms with Gasteiger partial charge in [-0.15, -0.1) is 11.3 Å². The van der Waals surface area contributed by atoms with E-state index in [2.05, 4.69) is 4.99 Å². The third kappa shape index (κ3) is 3.79. The van der Waals surface area contributed by atoms with E-state index in [1.165, 1.54) is 0 Å². The van der Waals surface area contributed by atoms with Crippen molar-refractivity contribution in [1.82, 2.24) is 0 Å². The molecule has 0 spiro atoms. The van der Waals surface area contributed by atoms with E-state index in [4.69, 9.17) is 9.47 Å². The van der Waals surface area contributed by atoms with Crippen molar-refractivity contribution in [1.29, 1.82) is 0 Å². The monoisotopic (exact) mass is 404 g/mol. The molecule has 0 saturated carbocycles. The van der Waals surface area contributed by atoms with Crippen LogP contribution in [0.15, 0.2) is 76.7 Å². The van der Waals surface area contributed by atoms with E-state index in [1.807, 2.05) is 79.0 Å². The molecule has 6 heteroatoms. The fourth-order valence-electron chi connectivity index (χ4n) is 3.13. The number of rotatable bonds is 6. The first kappa shape index (κ1) is 19.0. The highest BCUT2D eigenvalue weighted by molar-refractivity contribution is 7.10. The van der Waals surface area contributed by atoms with E-state index >= 15 is 0 Å². The van der Waals surface area contributed by atoms with Gasteiger partial charge in [-0.2, -0.15) is 0 Å². The minimum atomic E-state index is -0.177. The predicted molar refractivity (Wildman–Crippen MR) is 117 cm³/mol. The summed E-state index contributed by atoms with van der Waals surface area (Å²) in [6.07, 6.45) is 1.82. The molecule has 1 amide bonds. The normalized spacial score (nSPS) is 15.0. The van der Waals surface area contributed by atoms with Gasteiger partial charge in [0.2, 0.25) is 0 Å². The zero-order chi connectivity index (χ0) is 20.2. The predicted octanol–water partition coefficient (Wildman–Crippen LogP) is 4.99. The van der Waals surface area contributed by atoms with Crippen LogP contribution in [0.4, 0.5) is 5.69 Å². The fraction of sp³-hybridized carbons (Fsp3) is 0.130. The fourth-order valence-corrected chi connectivity index (χ4v) is 3.78. The number of amides is 1. The number of carbonyl (C=O) groups excluding carboxylic acids is 1. The van der Waals surface area contributed by atoms with Crippen molar-refractivity contribution in [3.63, 3.8) is 0 Å². The summed E-state index contributed by atoms with van der Waals surface area (Å²) < 4.78 is 11.0. The topological polar surface area (TPSA) is 51.1 Å². The highest BCUT2D eigenvalue weighted by Crippen LogP contribution is 2.32. The lowest BCUT2D eigenvalue weighted by molar-refractivity contribution is -0.113. The van der Waals surface area contributed by atoms with Gasteiger partial charge in [-0.3, -0.25) is 9.69 Å². The minimum absolute atomic E-state index is 0.177. The highest BCUT2D eigenvalue weighted by Gasteiger charge is 2.33. The Bertz CT molecular complexity index is 1070. The van der Waals surface area contributed by atoms with Gasteiger partial charge in [0.15, 0.2) is 5.84 Å². The number of amidine groups is 1. The van der Waals surface area contributed by atoms with Crippen LogP contribution in [0.3, 0.4) is 0 Å². The molecule has 0 N–H and O–H groups in total. The summed E-state index contributed by atoms with van der Waals surface area (Å²) in [5.74, 6) is 1.78. The summed E-state index contributed by atoms with van der Waals surface area (Å²) >= 11 is 1.56. The molecule has 0 aliphatic carbocycles. The summed E-state index contributed by atoms with van der Waals surface area (Å²) in [6.45, 7) is 2.52. The average molecular weight is 404 g/mol. The number of hydrogen-bond acceptors (Lipinski definition) is 5. The smallest absolute Gasteiger partial charge is 0.282 e. The van der Waals surface area contributed by atoms with Crippen LogP contribution in [0.2, 0.25) is 0 Å². The largest absolute Gasteiger partial charge is 0.496 e. The molecule has 1 aromatic heterocycles. The Morgan fingerprint density at radius 1 is 1.07 bits per heavy atom. The van der Waals surface area contributed by atoms with Gasteiger partial charge < -0.3 is 9.47 Å². The van der Waals surface area contributed by atoms with Crippen molar-refractivity contribution in [2.45, 2.75) is 6.92 Å². The van der Waals surface area contributed by atoms with Crippen molar-refractivity contribution in [2.24, 2.45) is 4.99 Å². The van der Waals surface area contributed by atoms with Crippen LogP contribution in [-0.4, -0.2) is 25.5 Å². The van der Waals surface area contributed by atoms with Crippen LogP contribution in [0.25, 0.3) is 6.08 Å². The molecule has 1 aliphatic heterocycles. The number of hydrogen-bond donors (Lipinski definition) is 0. The van der Waals surface area contributed by atoms with Crippen molar-refractivity contribution >= 4 is 34.8 Å². The maximum Gasteiger partial charge on any atom is 0.282 e. The number of anilines is 1. The molecule has 4 rings (SSSR count). The lowest BCUT2D eigenvalue weighted by Gasteiger charge is -2.20. The summed E-state index contributed by atoms with van der Waals surface area (Å²) in [5.41, 5.74) is 1.87. The zero-order valence-corrected chi connectivity index (χ0v) is 17.0. The van der Waals surface area contributed by atoms with Crippen LogP contribution in [0, 0.1) is 0 Å². The van der Waals surface area contributed by atoms with Gasteiger partial charge in [0.1, 0.15) is 17.2 Å². The Kier molecular flexibility index (Phi) is 5.44. The third-order valence-corrected chi connectivity index (χ3v) is 5.26. The van der Waals surface area contributed by atoms with Gasteiger partial charge >= 0.3 is 0 Å².